The minimum Gasteiger partial charge on any atom is -0.347 e. The monoisotopic (exact) mass is 334 g/mol. The number of rotatable bonds is 4. The Labute approximate surface area is 138 Å². The van der Waals surface area contributed by atoms with Crippen LogP contribution < -0.4 is 10.6 Å². The molecule has 2 N–H and O–H groups in total. The van der Waals surface area contributed by atoms with Gasteiger partial charge < -0.3 is 10.6 Å². The number of hydrogen-bond acceptors (Lipinski definition) is 2. The molecule has 2 aromatic rings. The third kappa shape index (κ3) is 4.79. The van der Waals surface area contributed by atoms with Crippen LogP contribution in [0.4, 0.5) is 10.1 Å². The Morgan fingerprint density at radius 3 is 2.48 bits per heavy atom. The minimum absolute atomic E-state index is 0.0558. The van der Waals surface area contributed by atoms with Crippen LogP contribution in [0.1, 0.15) is 18.4 Å². The minimum atomic E-state index is -0.925. The Balaban J connectivity index is 1.89. The van der Waals surface area contributed by atoms with E-state index in [9.17, 15) is 14.0 Å². The van der Waals surface area contributed by atoms with Gasteiger partial charge in [-0.3, -0.25) is 9.59 Å². The van der Waals surface area contributed by atoms with Gasteiger partial charge in [-0.25, -0.2) is 4.39 Å². The molecule has 2 rings (SSSR count). The zero-order chi connectivity index (χ0) is 16.8. The summed E-state index contributed by atoms with van der Waals surface area (Å²) in [6.07, 6.45) is 0. The molecule has 0 aromatic heterocycles. The van der Waals surface area contributed by atoms with E-state index in [0.29, 0.717) is 6.54 Å². The van der Waals surface area contributed by atoms with Gasteiger partial charge in [0.15, 0.2) is 0 Å². The van der Waals surface area contributed by atoms with Crippen LogP contribution in [0.25, 0.3) is 0 Å². The van der Waals surface area contributed by atoms with Crippen molar-refractivity contribution in [3.8, 4) is 0 Å². The van der Waals surface area contributed by atoms with Gasteiger partial charge in [0.05, 0.1) is 5.69 Å². The molecule has 0 aliphatic heterocycles. The fourth-order valence-corrected chi connectivity index (χ4v) is 2.15. The van der Waals surface area contributed by atoms with Crippen LogP contribution >= 0.6 is 11.6 Å². The fraction of sp³-hybridized carbons (Fsp3) is 0.176. The first-order valence-electron chi connectivity index (χ1n) is 7.06. The van der Waals surface area contributed by atoms with Gasteiger partial charge in [-0.15, -0.1) is 0 Å². The highest BCUT2D eigenvalue weighted by atomic mass is 35.5. The zero-order valence-corrected chi connectivity index (χ0v) is 13.2. The molecule has 0 radical (unpaired) electrons. The van der Waals surface area contributed by atoms with Crippen LogP contribution in [-0.2, 0) is 9.59 Å². The van der Waals surface area contributed by atoms with Crippen LogP contribution in [0.3, 0.4) is 0 Å². The number of halogens is 2. The summed E-state index contributed by atoms with van der Waals surface area (Å²) in [6.45, 7) is 2.24. The molecule has 0 unspecified atom stereocenters. The lowest BCUT2D eigenvalue weighted by molar-refractivity contribution is -0.136. The van der Waals surface area contributed by atoms with E-state index in [0.717, 1.165) is 11.6 Å². The Bertz CT molecular complexity index is 707. The highest BCUT2D eigenvalue weighted by Crippen LogP contribution is 2.18. The van der Waals surface area contributed by atoms with E-state index < -0.39 is 17.6 Å². The maximum Gasteiger partial charge on any atom is 0.313 e. The first-order chi connectivity index (χ1) is 11.0. The lowest BCUT2D eigenvalue weighted by Crippen LogP contribution is -2.37. The van der Waals surface area contributed by atoms with Gasteiger partial charge in [0.1, 0.15) is 5.82 Å². The Morgan fingerprint density at radius 1 is 1.13 bits per heavy atom. The normalized spacial score (nSPS) is 11.6. The van der Waals surface area contributed by atoms with E-state index >= 15 is 0 Å². The van der Waals surface area contributed by atoms with Crippen molar-refractivity contribution in [2.45, 2.75) is 12.8 Å². The highest BCUT2D eigenvalue weighted by molar-refractivity contribution is 6.39. The average Bonchev–Trinajstić information content (AvgIpc) is 2.55. The summed E-state index contributed by atoms with van der Waals surface area (Å²) < 4.78 is 13.6. The average molecular weight is 335 g/mol. The van der Waals surface area contributed by atoms with E-state index in [-0.39, 0.29) is 16.6 Å². The molecule has 6 heteroatoms. The largest absolute Gasteiger partial charge is 0.347 e. The molecule has 0 bridgehead atoms. The summed E-state index contributed by atoms with van der Waals surface area (Å²) in [5.74, 6) is -2.38. The molecule has 23 heavy (non-hydrogen) atoms. The topological polar surface area (TPSA) is 58.2 Å². The van der Waals surface area contributed by atoms with Gasteiger partial charge in [-0.2, -0.15) is 0 Å². The maximum absolute atomic E-state index is 13.6. The Kier molecular flexibility index (Phi) is 5.71. The molecular formula is C17H16ClFN2O2. The zero-order valence-electron chi connectivity index (χ0n) is 12.5. The third-order valence-corrected chi connectivity index (χ3v) is 3.56. The van der Waals surface area contributed by atoms with Crippen LogP contribution in [0, 0.1) is 5.82 Å². The van der Waals surface area contributed by atoms with Crippen molar-refractivity contribution in [2.75, 3.05) is 11.9 Å². The van der Waals surface area contributed by atoms with Crippen LogP contribution in [0.5, 0.6) is 0 Å². The number of hydrogen-bond donors (Lipinski definition) is 2. The van der Waals surface area contributed by atoms with Crippen molar-refractivity contribution in [1.82, 2.24) is 5.32 Å². The number of carbonyl (C=O) groups excluding carboxylic acids is 2. The summed E-state index contributed by atoms with van der Waals surface area (Å²) in [4.78, 5) is 23.6. The molecule has 120 valence electrons. The molecule has 1 atom stereocenters. The second kappa shape index (κ2) is 7.74. The van der Waals surface area contributed by atoms with Gasteiger partial charge >= 0.3 is 11.8 Å². The van der Waals surface area contributed by atoms with E-state index in [4.69, 9.17) is 11.6 Å². The molecular weight excluding hydrogens is 319 g/mol. The van der Waals surface area contributed by atoms with E-state index in [1.54, 1.807) is 0 Å². The van der Waals surface area contributed by atoms with Crippen molar-refractivity contribution in [3.63, 3.8) is 0 Å². The summed E-state index contributed by atoms with van der Waals surface area (Å²) in [7, 11) is 0. The molecule has 0 saturated heterocycles. The van der Waals surface area contributed by atoms with Crippen LogP contribution in [0.15, 0.2) is 48.5 Å². The van der Waals surface area contributed by atoms with Crippen molar-refractivity contribution in [3.05, 3.63) is 64.9 Å². The predicted molar refractivity (Wildman–Crippen MR) is 87.9 cm³/mol. The number of nitrogens with one attached hydrogen (secondary N) is 2. The van der Waals surface area contributed by atoms with Gasteiger partial charge in [-0.1, -0.05) is 48.9 Å². The van der Waals surface area contributed by atoms with Crippen molar-refractivity contribution in [1.29, 1.82) is 0 Å². The lowest BCUT2D eigenvalue weighted by atomic mass is 10.0. The van der Waals surface area contributed by atoms with Crippen molar-refractivity contribution < 1.29 is 14.0 Å². The molecule has 2 amide bonds. The maximum atomic E-state index is 13.6. The number of carbonyl (C=O) groups is 2. The standard InChI is InChI=1S/C17H16ClFN2O2/c1-11(12-5-3-2-4-6-12)10-20-16(22)17(23)21-15-8-7-13(18)9-14(15)19/h2-9,11H,10H2,1H3,(H,20,22)(H,21,23)/t11-/m0/s1. The molecule has 0 fully saturated rings. The number of benzene rings is 2. The summed E-state index contributed by atoms with van der Waals surface area (Å²) in [5.41, 5.74) is 0.961. The SMILES string of the molecule is C[C@@H](CNC(=O)C(=O)Nc1ccc(Cl)cc1F)c1ccccc1. The van der Waals surface area contributed by atoms with Gasteiger partial charge in [0, 0.05) is 11.6 Å². The van der Waals surface area contributed by atoms with Crippen LogP contribution in [-0.4, -0.2) is 18.4 Å². The van der Waals surface area contributed by atoms with Gasteiger partial charge in [-0.05, 0) is 29.7 Å². The van der Waals surface area contributed by atoms with Gasteiger partial charge in [0.25, 0.3) is 0 Å². The molecule has 2 aromatic carbocycles. The van der Waals surface area contributed by atoms with Crippen molar-refractivity contribution in [2.24, 2.45) is 0 Å². The molecule has 0 saturated carbocycles. The molecule has 0 aliphatic rings. The van der Waals surface area contributed by atoms with Crippen LogP contribution in [0.2, 0.25) is 5.02 Å². The van der Waals surface area contributed by atoms with E-state index in [1.807, 2.05) is 37.3 Å². The summed E-state index contributed by atoms with van der Waals surface area (Å²) >= 11 is 5.63. The lowest BCUT2D eigenvalue weighted by Gasteiger charge is -2.13. The Morgan fingerprint density at radius 2 is 1.83 bits per heavy atom. The fourth-order valence-electron chi connectivity index (χ4n) is 2.00. The molecule has 4 nitrogen and oxygen atoms in total. The second-order valence-electron chi connectivity index (χ2n) is 5.10. The number of anilines is 1. The molecule has 0 heterocycles. The smallest absolute Gasteiger partial charge is 0.313 e. The molecule has 0 aliphatic carbocycles. The van der Waals surface area contributed by atoms with Gasteiger partial charge in [0.2, 0.25) is 0 Å². The first-order valence-corrected chi connectivity index (χ1v) is 7.44. The van der Waals surface area contributed by atoms with E-state index in [1.165, 1.54) is 12.1 Å². The molecule has 0 spiro atoms. The highest BCUT2D eigenvalue weighted by Gasteiger charge is 2.16. The first kappa shape index (κ1) is 17.0. The second-order valence-corrected chi connectivity index (χ2v) is 5.54. The number of amides is 2. The summed E-state index contributed by atoms with van der Waals surface area (Å²) in [5, 5.41) is 4.96. The summed E-state index contributed by atoms with van der Waals surface area (Å²) in [6, 6.07) is 13.4. The van der Waals surface area contributed by atoms with E-state index in [2.05, 4.69) is 10.6 Å². The van der Waals surface area contributed by atoms with Crippen molar-refractivity contribution >= 4 is 29.1 Å². The quantitative estimate of drug-likeness (QED) is 0.842. The predicted octanol–water partition coefficient (Wildman–Crippen LogP) is 3.34. The Hall–Kier alpha value is -2.40. The third-order valence-electron chi connectivity index (χ3n) is 3.32.